The van der Waals surface area contributed by atoms with Gasteiger partial charge in [0.25, 0.3) is 0 Å². The fourth-order valence-electron chi connectivity index (χ4n) is 4.33. The lowest BCUT2D eigenvalue weighted by atomic mass is 10.1. The van der Waals surface area contributed by atoms with Crippen LogP contribution in [-0.2, 0) is 0 Å². The van der Waals surface area contributed by atoms with E-state index < -0.39 is 6.67 Å². The van der Waals surface area contributed by atoms with Crippen molar-refractivity contribution < 1.29 is 37.7 Å². The highest BCUT2D eigenvalue weighted by molar-refractivity contribution is 5.91. The first kappa shape index (κ1) is 35.8. The second-order valence-corrected chi connectivity index (χ2v) is 10.1. The Kier molecular flexibility index (Phi) is 14.5. The molecule has 0 fully saturated rings. The van der Waals surface area contributed by atoms with Crippen LogP contribution in [-0.4, -0.2) is 51.0 Å². The molecule has 0 aliphatic heterocycles. The maximum atomic E-state index is 11.9. The minimum Gasteiger partial charge on any atom is -0.508 e. The van der Waals surface area contributed by atoms with Crippen LogP contribution in [0.5, 0.6) is 17.2 Å². The molecule has 0 heterocycles. The van der Waals surface area contributed by atoms with Gasteiger partial charge < -0.3 is 14.6 Å². The number of aldehydes is 3. The predicted molar refractivity (Wildman–Crippen MR) is 184 cm³/mol. The van der Waals surface area contributed by atoms with E-state index in [1.165, 1.54) is 0 Å². The number of benzene rings is 6. The lowest BCUT2D eigenvalue weighted by Gasteiger charge is -2.05. The Morgan fingerprint density at radius 1 is 0.553 bits per heavy atom. The molecule has 1 N–H and O–H groups in total. The molecule has 6 aromatic rings. The number of carbonyl (C=O) groups is 3. The van der Waals surface area contributed by atoms with Gasteiger partial charge in [0, 0.05) is 16.7 Å². The fourth-order valence-corrected chi connectivity index (χ4v) is 4.33. The lowest BCUT2D eigenvalue weighted by molar-refractivity contribution is 0.111. The Bertz CT molecular complexity index is 1920. The van der Waals surface area contributed by atoms with Crippen LogP contribution in [0.3, 0.4) is 0 Å². The van der Waals surface area contributed by atoms with Gasteiger partial charge in [0.2, 0.25) is 0 Å². The SMILES string of the molecule is CCCF.COc1ccc2cc(C=O)ccc2c1.O=Cc1ccc2cc(O)ccc2c1.O=Cc1ccc2cc(OCCF)ccc2c1. The van der Waals surface area contributed by atoms with Gasteiger partial charge >= 0.3 is 0 Å². The molecular weight excluding hydrogens is 602 g/mol. The van der Waals surface area contributed by atoms with Gasteiger partial charge in [-0.3, -0.25) is 18.8 Å². The summed E-state index contributed by atoms with van der Waals surface area (Å²) in [6.07, 6.45) is 3.13. The van der Waals surface area contributed by atoms with Crippen LogP contribution in [0.25, 0.3) is 32.3 Å². The van der Waals surface area contributed by atoms with E-state index in [9.17, 15) is 28.3 Å². The van der Waals surface area contributed by atoms with E-state index >= 15 is 0 Å². The maximum absolute atomic E-state index is 11.9. The summed E-state index contributed by atoms with van der Waals surface area (Å²) in [4.78, 5) is 31.6. The zero-order valence-corrected chi connectivity index (χ0v) is 26.2. The van der Waals surface area contributed by atoms with Gasteiger partial charge in [-0.1, -0.05) is 61.5 Å². The summed E-state index contributed by atoms with van der Waals surface area (Å²) in [5.41, 5.74) is 1.99. The third-order valence-electron chi connectivity index (χ3n) is 6.70. The molecule has 0 atom stereocenters. The second-order valence-electron chi connectivity index (χ2n) is 10.1. The lowest BCUT2D eigenvalue weighted by Crippen LogP contribution is -1.98. The van der Waals surface area contributed by atoms with Gasteiger partial charge in [-0.05, 0) is 93.3 Å². The van der Waals surface area contributed by atoms with E-state index in [0.29, 0.717) is 28.9 Å². The number of methoxy groups -OCH3 is 1. The van der Waals surface area contributed by atoms with Crippen molar-refractivity contribution in [3.05, 3.63) is 126 Å². The summed E-state index contributed by atoms with van der Waals surface area (Å²) >= 11 is 0. The van der Waals surface area contributed by atoms with Crippen LogP contribution in [0.15, 0.2) is 109 Å². The average Bonchev–Trinajstić information content (AvgIpc) is 3.13. The number of hydrogen-bond donors (Lipinski definition) is 1. The number of hydrogen-bond acceptors (Lipinski definition) is 6. The molecule has 0 amide bonds. The molecule has 6 nitrogen and oxygen atoms in total. The van der Waals surface area contributed by atoms with E-state index in [-0.39, 0.29) is 19.0 Å². The number of carbonyl (C=O) groups excluding carboxylic acids is 3. The Morgan fingerprint density at radius 3 is 1.36 bits per heavy atom. The van der Waals surface area contributed by atoms with Crippen molar-refractivity contribution in [1.29, 1.82) is 0 Å². The molecule has 0 bridgehead atoms. The summed E-state index contributed by atoms with van der Waals surface area (Å²) in [6, 6.07) is 32.6. The highest BCUT2D eigenvalue weighted by Crippen LogP contribution is 2.23. The van der Waals surface area contributed by atoms with Gasteiger partial charge in [-0.15, -0.1) is 0 Å². The molecule has 0 unspecified atom stereocenters. The van der Waals surface area contributed by atoms with Crippen molar-refractivity contribution in [2.75, 3.05) is 27.1 Å². The molecule has 0 saturated carbocycles. The average molecular weight is 639 g/mol. The molecule has 6 rings (SSSR count). The number of halogens is 2. The zero-order chi connectivity index (χ0) is 34.0. The summed E-state index contributed by atoms with van der Waals surface area (Å²) in [6.45, 7) is 1.19. The van der Waals surface area contributed by atoms with Crippen LogP contribution < -0.4 is 9.47 Å². The quantitative estimate of drug-likeness (QED) is 0.167. The monoisotopic (exact) mass is 638 g/mol. The highest BCUT2D eigenvalue weighted by Gasteiger charge is 2.00. The van der Waals surface area contributed by atoms with Crippen molar-refractivity contribution in [2.24, 2.45) is 0 Å². The van der Waals surface area contributed by atoms with Crippen LogP contribution in [0.4, 0.5) is 8.78 Å². The number of aromatic hydroxyl groups is 1. The normalized spacial score (nSPS) is 9.96. The first-order valence-electron chi connectivity index (χ1n) is 14.8. The Labute approximate surface area is 272 Å². The second kappa shape index (κ2) is 19.0. The van der Waals surface area contributed by atoms with E-state index in [1.807, 2.05) is 54.6 Å². The van der Waals surface area contributed by atoms with Crippen molar-refractivity contribution in [2.45, 2.75) is 13.3 Å². The first-order valence-corrected chi connectivity index (χ1v) is 14.8. The van der Waals surface area contributed by atoms with Crippen molar-refractivity contribution >= 4 is 51.2 Å². The standard InChI is InChI=1S/C13H11FO2.C12H10O2.C11H8O2.C3H7F/c14-5-6-16-13-4-3-11-7-10(9-15)1-2-12(11)8-13;1-14-12-5-4-10-6-9(8-13)2-3-11(10)7-12;12-7-8-1-2-10-6-11(13)4-3-9(10)5-8;1-2-3-4/h1-4,7-9H,5-6H2;2-8H,1H3;1-7,13H;2-3H2,1H3. The molecule has 0 saturated heterocycles. The van der Waals surface area contributed by atoms with Crippen LogP contribution >= 0.6 is 0 Å². The summed E-state index contributed by atoms with van der Waals surface area (Å²) in [5.74, 6) is 1.71. The smallest absolute Gasteiger partial charge is 0.150 e. The molecule has 0 aromatic heterocycles. The van der Waals surface area contributed by atoms with Gasteiger partial charge in [0.1, 0.15) is 49.4 Å². The Hall–Kier alpha value is -5.63. The van der Waals surface area contributed by atoms with E-state index in [1.54, 1.807) is 68.6 Å². The predicted octanol–water partition coefficient (Wildman–Crippen LogP) is 9.39. The van der Waals surface area contributed by atoms with Crippen molar-refractivity contribution in [3.63, 3.8) is 0 Å². The van der Waals surface area contributed by atoms with Gasteiger partial charge in [0.05, 0.1) is 13.8 Å². The number of ether oxygens (including phenoxy) is 2. The topological polar surface area (TPSA) is 89.9 Å². The van der Waals surface area contributed by atoms with Gasteiger partial charge in [-0.2, -0.15) is 0 Å². The van der Waals surface area contributed by atoms with E-state index in [2.05, 4.69) is 0 Å². The number of alkyl halides is 2. The molecule has 6 aromatic carbocycles. The summed E-state index contributed by atoms with van der Waals surface area (Å²) in [5, 5.41) is 15.2. The molecule has 0 spiro atoms. The number of fused-ring (bicyclic) bond motifs is 3. The van der Waals surface area contributed by atoms with Crippen LogP contribution in [0.2, 0.25) is 0 Å². The number of phenolic OH excluding ortho intramolecular Hbond substituents is 1. The van der Waals surface area contributed by atoms with Crippen molar-refractivity contribution in [1.82, 2.24) is 0 Å². The minimum absolute atomic E-state index is 0.0674. The minimum atomic E-state index is -0.498. The molecule has 0 aliphatic rings. The summed E-state index contributed by atoms with van der Waals surface area (Å²) < 4.78 is 32.9. The Balaban J connectivity index is 0.000000182. The molecule has 242 valence electrons. The molecule has 0 radical (unpaired) electrons. The van der Waals surface area contributed by atoms with Crippen LogP contribution in [0, 0.1) is 0 Å². The first-order chi connectivity index (χ1) is 22.9. The van der Waals surface area contributed by atoms with Crippen LogP contribution in [0.1, 0.15) is 44.4 Å². The van der Waals surface area contributed by atoms with Crippen molar-refractivity contribution in [3.8, 4) is 17.2 Å². The third kappa shape index (κ3) is 11.0. The molecular formula is C39H36F2O6. The number of rotatable bonds is 8. The highest BCUT2D eigenvalue weighted by atomic mass is 19.1. The molecule has 47 heavy (non-hydrogen) atoms. The van der Waals surface area contributed by atoms with Gasteiger partial charge in [0.15, 0.2) is 0 Å². The fraction of sp³-hybridized carbons (Fsp3) is 0.154. The largest absolute Gasteiger partial charge is 0.508 e. The molecule has 8 heteroatoms. The van der Waals surface area contributed by atoms with Gasteiger partial charge in [-0.25, -0.2) is 4.39 Å². The zero-order valence-electron chi connectivity index (χ0n) is 26.2. The maximum Gasteiger partial charge on any atom is 0.150 e. The third-order valence-corrected chi connectivity index (χ3v) is 6.70. The Morgan fingerprint density at radius 2 is 0.936 bits per heavy atom. The van der Waals surface area contributed by atoms with E-state index in [0.717, 1.165) is 56.9 Å². The van der Waals surface area contributed by atoms with E-state index in [4.69, 9.17) is 9.47 Å². The summed E-state index contributed by atoms with van der Waals surface area (Å²) in [7, 11) is 1.64. The number of phenols is 1. The molecule has 0 aliphatic carbocycles.